The summed E-state index contributed by atoms with van der Waals surface area (Å²) in [4.78, 5) is 0. The van der Waals surface area contributed by atoms with Gasteiger partial charge in [0.1, 0.15) is 0 Å². The van der Waals surface area contributed by atoms with Gasteiger partial charge in [0, 0.05) is 5.02 Å². The van der Waals surface area contributed by atoms with Crippen molar-refractivity contribution in [2.24, 2.45) is 0 Å². The van der Waals surface area contributed by atoms with Crippen LogP contribution >= 0.6 is 11.6 Å². The molecule has 0 heterocycles. The summed E-state index contributed by atoms with van der Waals surface area (Å²) >= 11 is 5.80. The van der Waals surface area contributed by atoms with Crippen LogP contribution in [0.4, 0.5) is 0 Å². The van der Waals surface area contributed by atoms with Gasteiger partial charge in [-0.05, 0) is 31.5 Å². The average Bonchev–Trinajstić information content (AvgIpc) is 2.01. The van der Waals surface area contributed by atoms with Crippen molar-refractivity contribution in [3.05, 3.63) is 34.9 Å². The van der Waals surface area contributed by atoms with Gasteiger partial charge in [-0.15, -0.1) is 0 Å². The van der Waals surface area contributed by atoms with Crippen molar-refractivity contribution in [3.63, 3.8) is 0 Å². The topological polar surface area (TPSA) is 9.23 Å². The smallest absolute Gasteiger partial charge is 0.0720 e. The summed E-state index contributed by atoms with van der Waals surface area (Å²) in [5, 5.41) is 0.764. The molecule has 12 heavy (non-hydrogen) atoms. The van der Waals surface area contributed by atoms with Crippen molar-refractivity contribution in [1.29, 1.82) is 0 Å². The Bertz CT molecular complexity index is 245. The van der Waals surface area contributed by atoms with E-state index in [1.807, 2.05) is 38.1 Å². The maximum atomic E-state index is 5.80. The van der Waals surface area contributed by atoms with Gasteiger partial charge in [-0.25, -0.2) is 0 Å². The molecule has 0 spiro atoms. The van der Waals surface area contributed by atoms with Crippen molar-refractivity contribution < 1.29 is 4.74 Å². The Hall–Kier alpha value is -0.530. The summed E-state index contributed by atoms with van der Waals surface area (Å²) < 4.78 is 5.42. The molecule has 0 amide bonds. The molecule has 0 aliphatic carbocycles. The number of benzene rings is 1. The standard InChI is InChI=1S/C10H13ClO/c1-8(2)12-7-9-4-3-5-10(11)6-9/h3-6,8H,7H2,1-2H3. The van der Waals surface area contributed by atoms with Gasteiger partial charge in [-0.3, -0.25) is 0 Å². The first-order valence-corrected chi connectivity index (χ1v) is 4.42. The van der Waals surface area contributed by atoms with E-state index in [0.717, 1.165) is 10.6 Å². The molecule has 1 nitrogen and oxygen atoms in total. The lowest BCUT2D eigenvalue weighted by molar-refractivity contribution is 0.0657. The van der Waals surface area contributed by atoms with Crippen LogP contribution < -0.4 is 0 Å². The van der Waals surface area contributed by atoms with Gasteiger partial charge < -0.3 is 4.74 Å². The Labute approximate surface area is 78.3 Å². The minimum atomic E-state index is 0.268. The second kappa shape index (κ2) is 4.48. The quantitative estimate of drug-likeness (QED) is 0.701. The first kappa shape index (κ1) is 9.56. The second-order valence-corrected chi connectivity index (χ2v) is 3.43. The van der Waals surface area contributed by atoms with E-state index in [0.29, 0.717) is 6.61 Å². The highest BCUT2D eigenvalue weighted by atomic mass is 35.5. The first-order chi connectivity index (χ1) is 5.68. The van der Waals surface area contributed by atoms with Crippen molar-refractivity contribution in [3.8, 4) is 0 Å². The SMILES string of the molecule is CC(C)OCc1cccc(Cl)c1. The molecule has 0 bridgehead atoms. The molecule has 1 aromatic carbocycles. The van der Waals surface area contributed by atoms with Crippen LogP contribution in [-0.2, 0) is 11.3 Å². The Morgan fingerprint density at radius 1 is 1.42 bits per heavy atom. The highest BCUT2D eigenvalue weighted by Crippen LogP contribution is 2.11. The largest absolute Gasteiger partial charge is 0.374 e. The minimum absolute atomic E-state index is 0.268. The van der Waals surface area contributed by atoms with Crippen LogP contribution in [0.25, 0.3) is 0 Å². The van der Waals surface area contributed by atoms with E-state index < -0.39 is 0 Å². The number of halogens is 1. The second-order valence-electron chi connectivity index (χ2n) is 2.99. The molecule has 2 heteroatoms. The van der Waals surface area contributed by atoms with Gasteiger partial charge in [-0.2, -0.15) is 0 Å². The van der Waals surface area contributed by atoms with Gasteiger partial charge in [0.05, 0.1) is 12.7 Å². The Morgan fingerprint density at radius 3 is 2.75 bits per heavy atom. The fourth-order valence-electron chi connectivity index (χ4n) is 0.890. The Kier molecular flexibility index (Phi) is 3.57. The predicted octanol–water partition coefficient (Wildman–Crippen LogP) is 3.27. The zero-order valence-electron chi connectivity index (χ0n) is 7.38. The molecule has 0 N–H and O–H groups in total. The van der Waals surface area contributed by atoms with Gasteiger partial charge in [0.15, 0.2) is 0 Å². The fraction of sp³-hybridized carbons (Fsp3) is 0.400. The summed E-state index contributed by atoms with van der Waals surface area (Å²) in [6.07, 6.45) is 0.268. The van der Waals surface area contributed by atoms with Gasteiger partial charge in [0.2, 0.25) is 0 Å². The highest BCUT2D eigenvalue weighted by molar-refractivity contribution is 6.30. The molecule has 0 radical (unpaired) electrons. The van der Waals surface area contributed by atoms with Gasteiger partial charge in [0.25, 0.3) is 0 Å². The van der Waals surface area contributed by atoms with E-state index in [9.17, 15) is 0 Å². The van der Waals surface area contributed by atoms with Crippen LogP contribution in [0, 0.1) is 0 Å². The number of hydrogen-bond donors (Lipinski definition) is 0. The van der Waals surface area contributed by atoms with Gasteiger partial charge in [-0.1, -0.05) is 23.7 Å². The molecule has 0 saturated carbocycles. The summed E-state index contributed by atoms with van der Waals surface area (Å²) in [6, 6.07) is 7.72. The van der Waals surface area contributed by atoms with Gasteiger partial charge >= 0.3 is 0 Å². The Balaban J connectivity index is 2.52. The fourth-order valence-corrected chi connectivity index (χ4v) is 1.10. The molecule has 1 rings (SSSR count). The lowest BCUT2D eigenvalue weighted by Gasteiger charge is -2.07. The minimum Gasteiger partial charge on any atom is -0.374 e. The molecule has 0 unspecified atom stereocenters. The summed E-state index contributed by atoms with van der Waals surface area (Å²) in [5.41, 5.74) is 1.12. The molecular weight excluding hydrogens is 172 g/mol. The number of ether oxygens (including phenoxy) is 1. The Morgan fingerprint density at radius 2 is 2.17 bits per heavy atom. The normalized spacial score (nSPS) is 10.7. The average molecular weight is 185 g/mol. The van der Waals surface area contributed by atoms with E-state index in [1.54, 1.807) is 0 Å². The van der Waals surface area contributed by atoms with Crippen molar-refractivity contribution in [2.75, 3.05) is 0 Å². The van der Waals surface area contributed by atoms with Crippen LogP contribution in [0.3, 0.4) is 0 Å². The lowest BCUT2D eigenvalue weighted by Crippen LogP contribution is -2.01. The molecule has 1 aromatic rings. The van der Waals surface area contributed by atoms with Crippen LogP contribution in [0.1, 0.15) is 19.4 Å². The number of hydrogen-bond acceptors (Lipinski definition) is 1. The van der Waals surface area contributed by atoms with Crippen LogP contribution in [0.5, 0.6) is 0 Å². The third-order valence-electron chi connectivity index (χ3n) is 1.47. The maximum Gasteiger partial charge on any atom is 0.0720 e. The molecule has 0 aliphatic heterocycles. The van der Waals surface area contributed by atoms with E-state index >= 15 is 0 Å². The van der Waals surface area contributed by atoms with E-state index in [4.69, 9.17) is 16.3 Å². The summed E-state index contributed by atoms with van der Waals surface area (Å²) in [6.45, 7) is 4.67. The summed E-state index contributed by atoms with van der Waals surface area (Å²) in [5.74, 6) is 0. The maximum absolute atomic E-state index is 5.80. The molecule has 66 valence electrons. The third kappa shape index (κ3) is 3.24. The molecular formula is C10H13ClO. The molecule has 0 saturated heterocycles. The monoisotopic (exact) mass is 184 g/mol. The van der Waals surface area contributed by atoms with E-state index in [2.05, 4.69) is 0 Å². The molecule has 0 aliphatic rings. The van der Waals surface area contributed by atoms with Crippen LogP contribution in [-0.4, -0.2) is 6.10 Å². The molecule has 0 atom stereocenters. The lowest BCUT2D eigenvalue weighted by atomic mass is 10.2. The summed E-state index contributed by atoms with van der Waals surface area (Å²) in [7, 11) is 0. The van der Waals surface area contributed by atoms with Crippen molar-refractivity contribution in [2.45, 2.75) is 26.6 Å². The van der Waals surface area contributed by atoms with Crippen molar-refractivity contribution in [1.82, 2.24) is 0 Å². The third-order valence-corrected chi connectivity index (χ3v) is 1.71. The van der Waals surface area contributed by atoms with Crippen molar-refractivity contribution >= 4 is 11.6 Å². The van der Waals surface area contributed by atoms with Crippen LogP contribution in [0.15, 0.2) is 24.3 Å². The zero-order chi connectivity index (χ0) is 8.97. The van der Waals surface area contributed by atoms with E-state index in [-0.39, 0.29) is 6.10 Å². The first-order valence-electron chi connectivity index (χ1n) is 4.04. The number of rotatable bonds is 3. The predicted molar refractivity (Wildman–Crippen MR) is 51.4 cm³/mol. The van der Waals surface area contributed by atoms with Crippen LogP contribution in [0.2, 0.25) is 5.02 Å². The zero-order valence-corrected chi connectivity index (χ0v) is 8.14. The highest BCUT2D eigenvalue weighted by Gasteiger charge is 1.96. The van der Waals surface area contributed by atoms with E-state index in [1.165, 1.54) is 0 Å². The molecule has 0 aromatic heterocycles. The molecule has 0 fully saturated rings.